The molecule has 3 N–H and O–H groups in total. The number of nitrogens with two attached hydrogens (primary N) is 1. The molecule has 4 heteroatoms. The Labute approximate surface area is 105 Å². The van der Waals surface area contributed by atoms with E-state index in [0.717, 1.165) is 16.9 Å². The zero-order chi connectivity index (χ0) is 12.7. The molecule has 3 aromatic rings. The highest BCUT2D eigenvalue weighted by Gasteiger charge is 2.07. The number of nitrogens with zero attached hydrogens (tertiary/aromatic N) is 2. The van der Waals surface area contributed by atoms with Crippen LogP contribution in [0.3, 0.4) is 0 Å². The van der Waals surface area contributed by atoms with Gasteiger partial charge in [0.15, 0.2) is 5.65 Å². The van der Waals surface area contributed by atoms with Crippen molar-refractivity contribution in [1.82, 2.24) is 15.0 Å². The van der Waals surface area contributed by atoms with Crippen LogP contribution in [0.1, 0.15) is 11.1 Å². The summed E-state index contributed by atoms with van der Waals surface area (Å²) < 4.78 is 0. The second-order valence-corrected chi connectivity index (χ2v) is 4.52. The average Bonchev–Trinajstić information content (AvgIpc) is 2.75. The van der Waals surface area contributed by atoms with Crippen LogP contribution < -0.4 is 5.73 Å². The molecule has 0 saturated heterocycles. The summed E-state index contributed by atoms with van der Waals surface area (Å²) in [5.74, 6) is 0.825. The number of H-pyrrole nitrogens is 1. The summed E-state index contributed by atoms with van der Waals surface area (Å²) in [6.45, 7) is 4.19. The summed E-state index contributed by atoms with van der Waals surface area (Å²) in [6.07, 6.45) is 1.62. The van der Waals surface area contributed by atoms with E-state index >= 15 is 0 Å². The van der Waals surface area contributed by atoms with Gasteiger partial charge in [0.25, 0.3) is 0 Å². The highest BCUT2D eigenvalue weighted by atomic mass is 15.0. The number of nitrogen functional groups attached to an aromatic ring is 1. The lowest BCUT2D eigenvalue weighted by atomic mass is 10.1. The van der Waals surface area contributed by atoms with E-state index in [0.29, 0.717) is 11.3 Å². The fourth-order valence-electron chi connectivity index (χ4n) is 1.94. The number of nitrogens with one attached hydrogen (secondary N) is 1. The van der Waals surface area contributed by atoms with Gasteiger partial charge >= 0.3 is 0 Å². The zero-order valence-electron chi connectivity index (χ0n) is 10.4. The summed E-state index contributed by atoms with van der Waals surface area (Å²) in [5.41, 5.74) is 11.5. The Morgan fingerprint density at radius 2 is 1.94 bits per heavy atom. The highest BCUT2D eigenvalue weighted by molar-refractivity contribution is 5.78. The number of rotatable bonds is 1. The maximum absolute atomic E-state index is 5.71. The first-order valence-corrected chi connectivity index (χ1v) is 5.82. The monoisotopic (exact) mass is 238 g/mol. The number of benzene rings is 1. The third-order valence-corrected chi connectivity index (χ3v) is 3.14. The van der Waals surface area contributed by atoms with E-state index in [9.17, 15) is 0 Å². The molecule has 3 rings (SSSR count). The number of hydrogen-bond donors (Lipinski definition) is 2. The molecular weight excluding hydrogens is 224 g/mol. The van der Waals surface area contributed by atoms with E-state index in [1.165, 1.54) is 11.1 Å². The minimum absolute atomic E-state index is 0.637. The maximum Gasteiger partial charge on any atom is 0.178 e. The Morgan fingerprint density at radius 3 is 2.72 bits per heavy atom. The molecule has 0 unspecified atom stereocenters. The van der Waals surface area contributed by atoms with Crippen LogP contribution in [-0.4, -0.2) is 15.0 Å². The second kappa shape index (κ2) is 3.84. The molecule has 0 fully saturated rings. The SMILES string of the molecule is Cc1ccc(-c2nc3ncc(N)cc3[nH]2)cc1C. The van der Waals surface area contributed by atoms with Gasteiger partial charge in [0.05, 0.1) is 17.4 Å². The fraction of sp³-hybridized carbons (Fsp3) is 0.143. The van der Waals surface area contributed by atoms with E-state index in [1.54, 1.807) is 6.20 Å². The first kappa shape index (κ1) is 10.8. The third kappa shape index (κ3) is 1.72. The van der Waals surface area contributed by atoms with Crippen molar-refractivity contribution in [3.63, 3.8) is 0 Å². The molecule has 0 atom stereocenters. The number of fused-ring (bicyclic) bond motifs is 1. The van der Waals surface area contributed by atoms with E-state index in [4.69, 9.17) is 5.73 Å². The molecule has 0 spiro atoms. The van der Waals surface area contributed by atoms with Gasteiger partial charge in [-0.25, -0.2) is 9.97 Å². The van der Waals surface area contributed by atoms with Crippen LogP contribution in [0, 0.1) is 13.8 Å². The third-order valence-electron chi connectivity index (χ3n) is 3.14. The van der Waals surface area contributed by atoms with Crippen molar-refractivity contribution < 1.29 is 0 Å². The van der Waals surface area contributed by atoms with Crippen molar-refractivity contribution in [1.29, 1.82) is 0 Å². The Hall–Kier alpha value is -2.36. The normalized spacial score (nSPS) is 11.0. The Bertz CT molecular complexity index is 728. The number of aromatic amines is 1. The van der Waals surface area contributed by atoms with E-state index in [1.807, 2.05) is 6.07 Å². The predicted molar refractivity (Wildman–Crippen MR) is 73.2 cm³/mol. The van der Waals surface area contributed by atoms with Crippen LogP contribution in [0.15, 0.2) is 30.5 Å². The van der Waals surface area contributed by atoms with Gasteiger partial charge in [0.1, 0.15) is 5.82 Å². The lowest BCUT2D eigenvalue weighted by Gasteiger charge is -2.01. The molecule has 0 aliphatic rings. The summed E-state index contributed by atoms with van der Waals surface area (Å²) in [6, 6.07) is 8.12. The van der Waals surface area contributed by atoms with Crippen LogP contribution in [-0.2, 0) is 0 Å². The van der Waals surface area contributed by atoms with Gasteiger partial charge in [0.2, 0.25) is 0 Å². The average molecular weight is 238 g/mol. The Morgan fingerprint density at radius 1 is 1.11 bits per heavy atom. The molecule has 0 amide bonds. The van der Waals surface area contributed by atoms with Gasteiger partial charge in [-0.15, -0.1) is 0 Å². The van der Waals surface area contributed by atoms with Gasteiger partial charge < -0.3 is 10.7 Å². The maximum atomic E-state index is 5.71. The van der Waals surface area contributed by atoms with Gasteiger partial charge in [-0.3, -0.25) is 0 Å². The van der Waals surface area contributed by atoms with Crippen molar-refractivity contribution in [3.8, 4) is 11.4 Å². The van der Waals surface area contributed by atoms with Crippen molar-refractivity contribution in [2.24, 2.45) is 0 Å². The number of aromatic nitrogens is 3. The van der Waals surface area contributed by atoms with Crippen LogP contribution in [0.25, 0.3) is 22.6 Å². The summed E-state index contributed by atoms with van der Waals surface area (Å²) in [5, 5.41) is 0. The summed E-state index contributed by atoms with van der Waals surface area (Å²) in [4.78, 5) is 11.9. The quantitative estimate of drug-likeness (QED) is 0.685. The number of aryl methyl sites for hydroxylation is 2. The van der Waals surface area contributed by atoms with Gasteiger partial charge in [-0.2, -0.15) is 0 Å². The minimum Gasteiger partial charge on any atom is -0.397 e. The lowest BCUT2D eigenvalue weighted by molar-refractivity contribution is 1.28. The lowest BCUT2D eigenvalue weighted by Crippen LogP contribution is -1.85. The Kier molecular flexibility index (Phi) is 2.30. The molecule has 0 radical (unpaired) electrons. The molecule has 2 aromatic heterocycles. The first-order chi connectivity index (χ1) is 8.63. The Balaban J connectivity index is 2.16. The van der Waals surface area contributed by atoms with Crippen LogP contribution >= 0.6 is 0 Å². The van der Waals surface area contributed by atoms with Crippen molar-refractivity contribution in [3.05, 3.63) is 41.6 Å². The first-order valence-electron chi connectivity index (χ1n) is 5.82. The number of imidazole rings is 1. The summed E-state index contributed by atoms with van der Waals surface area (Å²) >= 11 is 0. The van der Waals surface area contributed by atoms with Gasteiger partial charge in [0, 0.05) is 5.56 Å². The number of pyridine rings is 1. The van der Waals surface area contributed by atoms with Gasteiger partial charge in [-0.1, -0.05) is 12.1 Å². The standard InChI is InChI=1S/C14H14N4/c1-8-3-4-10(5-9(8)2)13-17-12-6-11(15)7-16-14(12)18-13/h3-7H,15H2,1-2H3,(H,16,17,18). The molecule has 2 heterocycles. The molecule has 0 saturated carbocycles. The van der Waals surface area contributed by atoms with E-state index in [2.05, 4.69) is 47.0 Å². The van der Waals surface area contributed by atoms with Crippen LogP contribution in [0.2, 0.25) is 0 Å². The number of hydrogen-bond acceptors (Lipinski definition) is 3. The molecule has 0 aliphatic heterocycles. The number of anilines is 1. The molecule has 90 valence electrons. The largest absolute Gasteiger partial charge is 0.397 e. The molecule has 18 heavy (non-hydrogen) atoms. The molecule has 0 aliphatic carbocycles. The van der Waals surface area contributed by atoms with Crippen molar-refractivity contribution in [2.45, 2.75) is 13.8 Å². The van der Waals surface area contributed by atoms with E-state index < -0.39 is 0 Å². The van der Waals surface area contributed by atoms with Crippen LogP contribution in [0.5, 0.6) is 0 Å². The van der Waals surface area contributed by atoms with E-state index in [-0.39, 0.29) is 0 Å². The predicted octanol–water partition coefficient (Wildman–Crippen LogP) is 2.82. The molecule has 0 bridgehead atoms. The van der Waals surface area contributed by atoms with Crippen molar-refractivity contribution >= 4 is 16.9 Å². The van der Waals surface area contributed by atoms with Crippen LogP contribution in [0.4, 0.5) is 5.69 Å². The smallest absolute Gasteiger partial charge is 0.178 e. The van der Waals surface area contributed by atoms with Gasteiger partial charge in [-0.05, 0) is 37.1 Å². The second-order valence-electron chi connectivity index (χ2n) is 4.52. The topological polar surface area (TPSA) is 67.6 Å². The minimum atomic E-state index is 0.637. The molecule has 1 aromatic carbocycles. The summed E-state index contributed by atoms with van der Waals surface area (Å²) in [7, 11) is 0. The zero-order valence-corrected chi connectivity index (χ0v) is 10.4. The highest BCUT2D eigenvalue weighted by Crippen LogP contribution is 2.22. The molecular formula is C14H14N4. The fourth-order valence-corrected chi connectivity index (χ4v) is 1.94. The van der Waals surface area contributed by atoms with Crippen molar-refractivity contribution in [2.75, 3.05) is 5.73 Å². The molecule has 4 nitrogen and oxygen atoms in total.